The normalized spacial score (nSPS) is 15.6. The lowest BCUT2D eigenvalue weighted by Crippen LogP contribution is -2.54. The van der Waals surface area contributed by atoms with Gasteiger partial charge in [0.05, 0.1) is 16.8 Å². The van der Waals surface area contributed by atoms with Crippen molar-refractivity contribution in [2.45, 2.75) is 13.5 Å². The van der Waals surface area contributed by atoms with Crippen molar-refractivity contribution in [1.29, 1.82) is 0 Å². The molecule has 0 unspecified atom stereocenters. The molecule has 0 aliphatic carbocycles. The van der Waals surface area contributed by atoms with Crippen molar-refractivity contribution in [3.05, 3.63) is 80.8 Å². The first kappa shape index (κ1) is 25.6. The maximum absolute atomic E-state index is 13.2. The second-order valence-corrected chi connectivity index (χ2v) is 9.46. The summed E-state index contributed by atoms with van der Waals surface area (Å²) in [6, 6.07) is 14.2. The zero-order valence-electron chi connectivity index (χ0n) is 20.0. The van der Waals surface area contributed by atoms with Crippen LogP contribution in [0.3, 0.4) is 0 Å². The molecule has 0 radical (unpaired) electrons. The minimum absolute atomic E-state index is 0.183. The minimum Gasteiger partial charge on any atom is -0.490 e. The van der Waals surface area contributed by atoms with Crippen LogP contribution in [0.1, 0.15) is 18.1 Å². The Bertz CT molecular complexity index is 1470. The number of nitrogens with zero attached hydrogens (tertiary/aromatic N) is 1. The van der Waals surface area contributed by atoms with Crippen LogP contribution in [-0.4, -0.2) is 31.2 Å². The molecule has 9 nitrogen and oxygen atoms in total. The van der Waals surface area contributed by atoms with E-state index in [0.717, 1.165) is 10.5 Å². The van der Waals surface area contributed by atoms with Crippen LogP contribution in [0.25, 0.3) is 6.08 Å². The fraction of sp³-hybridized carbons (Fsp3) is 0.148. The van der Waals surface area contributed by atoms with E-state index in [1.54, 1.807) is 24.3 Å². The summed E-state index contributed by atoms with van der Waals surface area (Å²) in [7, 11) is 0. The number of carbonyl (C=O) groups is 3. The minimum atomic E-state index is -0.845. The number of urea groups is 1. The van der Waals surface area contributed by atoms with Gasteiger partial charge in [-0.05, 0) is 88.6 Å². The Balaban J connectivity index is 1.42. The monoisotopic (exact) mass is 598 g/mol. The number of fused-ring (bicyclic) bond motifs is 1. The lowest BCUT2D eigenvalue weighted by Gasteiger charge is -2.26. The predicted molar refractivity (Wildman–Crippen MR) is 143 cm³/mol. The van der Waals surface area contributed by atoms with Gasteiger partial charge in [-0.25, -0.2) is 9.69 Å². The first-order valence-corrected chi connectivity index (χ1v) is 12.7. The molecule has 0 aromatic heterocycles. The van der Waals surface area contributed by atoms with Crippen molar-refractivity contribution in [2.75, 3.05) is 18.3 Å². The van der Waals surface area contributed by atoms with Crippen molar-refractivity contribution in [2.24, 2.45) is 0 Å². The molecule has 0 bridgehead atoms. The maximum Gasteiger partial charge on any atom is 0.335 e. The van der Waals surface area contributed by atoms with Crippen molar-refractivity contribution < 1.29 is 33.3 Å². The van der Waals surface area contributed by atoms with E-state index in [1.165, 1.54) is 18.2 Å². The van der Waals surface area contributed by atoms with E-state index in [2.05, 4.69) is 21.2 Å². The fourth-order valence-electron chi connectivity index (χ4n) is 3.91. The average molecular weight is 600 g/mol. The van der Waals surface area contributed by atoms with Crippen LogP contribution in [0.4, 0.5) is 10.5 Å². The molecule has 194 valence electrons. The van der Waals surface area contributed by atoms with Gasteiger partial charge in [-0.1, -0.05) is 17.7 Å². The molecule has 3 aromatic rings. The highest BCUT2D eigenvalue weighted by atomic mass is 79.9. The topological polar surface area (TPSA) is 103 Å². The number of anilines is 1. The zero-order chi connectivity index (χ0) is 26.8. The number of halogens is 2. The van der Waals surface area contributed by atoms with Gasteiger partial charge in [-0.2, -0.15) is 0 Å². The molecule has 5 rings (SSSR count). The summed E-state index contributed by atoms with van der Waals surface area (Å²) in [5, 5.41) is 2.65. The number of barbiturate groups is 1. The lowest BCUT2D eigenvalue weighted by atomic mass is 10.1. The van der Waals surface area contributed by atoms with Crippen molar-refractivity contribution in [1.82, 2.24) is 5.32 Å². The Morgan fingerprint density at radius 2 is 1.79 bits per heavy atom. The molecule has 1 saturated heterocycles. The highest BCUT2D eigenvalue weighted by molar-refractivity contribution is 9.10. The number of hydrogen-bond donors (Lipinski definition) is 1. The Hall–Kier alpha value is -4.02. The molecule has 0 spiro atoms. The SMILES string of the molecule is CCOc1cc(/C=C2\C(=O)NC(=O)N(c3ccc(Cl)cc3)C2=O)cc(Br)c1OCc1ccc2c(c1)OCO2. The third-order valence-electron chi connectivity index (χ3n) is 5.65. The van der Waals surface area contributed by atoms with E-state index in [9.17, 15) is 14.4 Å². The van der Waals surface area contributed by atoms with E-state index < -0.39 is 17.8 Å². The standard InChI is InChI=1S/C27H20BrClN2O7/c1-2-35-23-12-16(10-20(28)24(23)36-13-15-3-8-21-22(11-15)38-14-37-21)9-19-25(32)30-27(34)31(26(19)33)18-6-4-17(29)5-7-18/h3-12H,2,13-14H2,1H3,(H,30,32,34)/b19-9+. The Labute approximate surface area is 231 Å². The number of nitrogens with one attached hydrogen (secondary N) is 1. The summed E-state index contributed by atoms with van der Waals surface area (Å²) in [5.74, 6) is 0.618. The summed E-state index contributed by atoms with van der Waals surface area (Å²) < 4.78 is 23.2. The summed E-state index contributed by atoms with van der Waals surface area (Å²) in [4.78, 5) is 39.1. The number of rotatable bonds is 7. The number of amides is 4. The number of ether oxygens (including phenoxy) is 4. The van der Waals surface area contributed by atoms with Crippen LogP contribution in [0, 0.1) is 0 Å². The van der Waals surface area contributed by atoms with Crippen molar-refractivity contribution in [3.63, 3.8) is 0 Å². The molecule has 1 fully saturated rings. The van der Waals surface area contributed by atoms with Gasteiger partial charge in [0.25, 0.3) is 11.8 Å². The number of hydrogen-bond acceptors (Lipinski definition) is 7. The molecule has 1 N–H and O–H groups in total. The lowest BCUT2D eigenvalue weighted by molar-refractivity contribution is -0.122. The quantitative estimate of drug-likeness (QED) is 0.284. The molecule has 2 heterocycles. The highest BCUT2D eigenvalue weighted by Crippen LogP contribution is 2.39. The van der Waals surface area contributed by atoms with Gasteiger partial charge in [0, 0.05) is 5.02 Å². The van der Waals surface area contributed by atoms with E-state index in [-0.39, 0.29) is 24.7 Å². The van der Waals surface area contributed by atoms with E-state index >= 15 is 0 Å². The first-order valence-electron chi connectivity index (χ1n) is 11.5. The van der Waals surface area contributed by atoms with Crippen molar-refractivity contribution >= 4 is 57.1 Å². The predicted octanol–water partition coefficient (Wildman–Crippen LogP) is 5.48. The highest BCUT2D eigenvalue weighted by Gasteiger charge is 2.36. The molecule has 3 aromatic carbocycles. The Morgan fingerprint density at radius 1 is 1.03 bits per heavy atom. The summed E-state index contributed by atoms with van der Waals surface area (Å²) in [6.07, 6.45) is 1.39. The van der Waals surface area contributed by atoms with Crippen LogP contribution in [0.5, 0.6) is 23.0 Å². The number of carbonyl (C=O) groups excluding carboxylic acids is 3. The average Bonchev–Trinajstić information content (AvgIpc) is 3.35. The summed E-state index contributed by atoms with van der Waals surface area (Å²) in [5.41, 5.74) is 1.41. The van der Waals surface area contributed by atoms with Gasteiger partial charge in [-0.15, -0.1) is 0 Å². The fourth-order valence-corrected chi connectivity index (χ4v) is 4.61. The molecular weight excluding hydrogens is 580 g/mol. The van der Waals surface area contributed by atoms with Gasteiger partial charge in [-0.3, -0.25) is 14.9 Å². The third-order valence-corrected chi connectivity index (χ3v) is 6.49. The molecule has 4 amide bonds. The van der Waals surface area contributed by atoms with Gasteiger partial charge in [0.15, 0.2) is 23.0 Å². The molecule has 11 heteroatoms. The molecule has 2 aliphatic heterocycles. The number of imide groups is 2. The smallest absolute Gasteiger partial charge is 0.335 e. The molecular formula is C27H20BrClN2O7. The van der Waals surface area contributed by atoms with Gasteiger partial charge < -0.3 is 18.9 Å². The Kier molecular flexibility index (Phi) is 7.26. The Morgan fingerprint density at radius 3 is 2.55 bits per heavy atom. The third kappa shape index (κ3) is 5.18. The van der Waals surface area contributed by atoms with E-state index in [0.29, 0.717) is 44.7 Å². The van der Waals surface area contributed by atoms with E-state index in [1.807, 2.05) is 25.1 Å². The zero-order valence-corrected chi connectivity index (χ0v) is 22.3. The summed E-state index contributed by atoms with van der Waals surface area (Å²) in [6.45, 7) is 2.59. The van der Waals surface area contributed by atoms with Crippen LogP contribution in [0.2, 0.25) is 5.02 Å². The van der Waals surface area contributed by atoms with Crippen molar-refractivity contribution in [3.8, 4) is 23.0 Å². The van der Waals surface area contributed by atoms with Gasteiger partial charge in [0.1, 0.15) is 12.2 Å². The second-order valence-electron chi connectivity index (χ2n) is 8.17. The van der Waals surface area contributed by atoms with Crippen LogP contribution in [0.15, 0.2) is 64.6 Å². The molecule has 0 atom stereocenters. The first-order chi connectivity index (χ1) is 18.3. The molecule has 38 heavy (non-hydrogen) atoms. The van der Waals surface area contributed by atoms with Crippen LogP contribution >= 0.6 is 27.5 Å². The maximum atomic E-state index is 13.2. The molecule has 2 aliphatic rings. The van der Waals surface area contributed by atoms with Gasteiger partial charge >= 0.3 is 6.03 Å². The van der Waals surface area contributed by atoms with E-state index in [4.69, 9.17) is 30.5 Å². The number of benzene rings is 3. The van der Waals surface area contributed by atoms with Crippen LogP contribution in [-0.2, 0) is 16.2 Å². The van der Waals surface area contributed by atoms with Gasteiger partial charge in [0.2, 0.25) is 6.79 Å². The van der Waals surface area contributed by atoms with Crippen LogP contribution < -0.4 is 29.2 Å². The second kappa shape index (κ2) is 10.8. The summed E-state index contributed by atoms with van der Waals surface area (Å²) >= 11 is 9.43. The largest absolute Gasteiger partial charge is 0.490 e. The molecule has 0 saturated carbocycles.